The molecule has 1 saturated carbocycles. The van der Waals surface area contributed by atoms with Gasteiger partial charge in [0, 0.05) is 57.8 Å². The highest BCUT2D eigenvalue weighted by atomic mass is 32.2. The van der Waals surface area contributed by atoms with Crippen molar-refractivity contribution in [1.29, 1.82) is 0 Å². The second kappa shape index (κ2) is 7.27. The van der Waals surface area contributed by atoms with Crippen LogP contribution in [-0.4, -0.2) is 86.5 Å². The summed E-state index contributed by atoms with van der Waals surface area (Å²) in [6, 6.07) is -0.137. The molecule has 156 valence electrons. The van der Waals surface area contributed by atoms with Crippen LogP contribution in [0.5, 0.6) is 0 Å². The number of methoxy groups -OCH3 is 1. The lowest BCUT2D eigenvalue weighted by Gasteiger charge is -2.49. The highest BCUT2D eigenvalue weighted by molar-refractivity contribution is 7.88. The highest BCUT2D eigenvalue weighted by Crippen LogP contribution is 2.50. The molecule has 2 aliphatic heterocycles. The molecular weight excluding hydrogens is 386 g/mol. The van der Waals surface area contributed by atoms with E-state index in [9.17, 15) is 13.2 Å². The Morgan fingerprint density at radius 3 is 2.75 bits per heavy atom. The SMILES string of the molecule is COCCCNC(=O)N1CC2(C1)CN(S(C)(=O)=O)CC2c1nc(C2CC2)no1. The molecule has 28 heavy (non-hydrogen) atoms. The molecule has 1 unspecified atom stereocenters. The summed E-state index contributed by atoms with van der Waals surface area (Å²) in [7, 11) is -1.71. The van der Waals surface area contributed by atoms with E-state index in [1.807, 2.05) is 0 Å². The third-order valence-electron chi connectivity index (χ3n) is 5.88. The first-order valence-electron chi connectivity index (χ1n) is 9.63. The first-order chi connectivity index (χ1) is 13.3. The molecule has 10 nitrogen and oxygen atoms in total. The first-order valence-corrected chi connectivity index (χ1v) is 11.5. The molecule has 1 spiro atoms. The Morgan fingerprint density at radius 1 is 1.36 bits per heavy atom. The van der Waals surface area contributed by atoms with Crippen molar-refractivity contribution in [3.8, 4) is 0 Å². The van der Waals surface area contributed by atoms with E-state index in [1.165, 1.54) is 10.6 Å². The van der Waals surface area contributed by atoms with E-state index in [-0.39, 0.29) is 17.4 Å². The van der Waals surface area contributed by atoms with Gasteiger partial charge < -0.3 is 19.5 Å². The van der Waals surface area contributed by atoms with Gasteiger partial charge in [-0.25, -0.2) is 17.5 Å². The fourth-order valence-corrected chi connectivity index (χ4v) is 5.03. The average Bonchev–Trinajstić information content (AvgIpc) is 3.18. The summed E-state index contributed by atoms with van der Waals surface area (Å²) in [5.41, 5.74) is -0.375. The summed E-state index contributed by atoms with van der Waals surface area (Å²) in [5.74, 6) is 1.39. The van der Waals surface area contributed by atoms with E-state index in [2.05, 4.69) is 15.5 Å². The molecule has 1 aliphatic carbocycles. The average molecular weight is 414 g/mol. The van der Waals surface area contributed by atoms with E-state index in [1.54, 1.807) is 12.0 Å². The molecule has 4 rings (SSSR count). The number of likely N-dealkylation sites (tertiary alicyclic amines) is 1. The number of aromatic nitrogens is 2. The number of ether oxygens (including phenoxy) is 1. The van der Waals surface area contributed by atoms with Gasteiger partial charge in [0.05, 0.1) is 12.2 Å². The van der Waals surface area contributed by atoms with Gasteiger partial charge in [-0.05, 0) is 19.3 Å². The molecule has 1 aromatic heterocycles. The lowest BCUT2D eigenvalue weighted by Crippen LogP contribution is -2.63. The van der Waals surface area contributed by atoms with Gasteiger partial charge in [-0.2, -0.15) is 4.98 Å². The van der Waals surface area contributed by atoms with Crippen molar-refractivity contribution in [2.24, 2.45) is 5.41 Å². The largest absolute Gasteiger partial charge is 0.385 e. The van der Waals surface area contributed by atoms with Crippen molar-refractivity contribution in [3.05, 3.63) is 11.7 Å². The normalized spacial score (nSPS) is 24.5. The molecule has 11 heteroatoms. The number of rotatable bonds is 7. The van der Waals surface area contributed by atoms with Crippen LogP contribution in [0.3, 0.4) is 0 Å². The van der Waals surface area contributed by atoms with Crippen LogP contribution in [0.25, 0.3) is 0 Å². The van der Waals surface area contributed by atoms with Crippen molar-refractivity contribution in [2.45, 2.75) is 31.1 Å². The lowest BCUT2D eigenvalue weighted by molar-refractivity contribution is 0.0240. The van der Waals surface area contributed by atoms with Crippen LogP contribution in [0.1, 0.15) is 42.8 Å². The molecule has 0 bridgehead atoms. The second-order valence-electron chi connectivity index (χ2n) is 8.17. The fourth-order valence-electron chi connectivity index (χ4n) is 4.11. The molecule has 3 heterocycles. The summed E-state index contributed by atoms with van der Waals surface area (Å²) in [6.07, 6.45) is 4.10. The van der Waals surface area contributed by atoms with Gasteiger partial charge >= 0.3 is 6.03 Å². The number of amides is 2. The van der Waals surface area contributed by atoms with Crippen molar-refractivity contribution < 1.29 is 22.5 Å². The fraction of sp³-hybridized carbons (Fsp3) is 0.824. The number of carbonyl (C=O) groups excluding carboxylic acids is 1. The minimum absolute atomic E-state index is 0.137. The molecular formula is C17H27N5O5S. The zero-order valence-corrected chi connectivity index (χ0v) is 17.1. The van der Waals surface area contributed by atoms with Crippen LogP contribution < -0.4 is 5.32 Å². The van der Waals surface area contributed by atoms with E-state index in [0.717, 1.165) is 25.1 Å². The number of carbonyl (C=O) groups is 1. The number of urea groups is 1. The quantitative estimate of drug-likeness (QED) is 0.641. The molecule has 0 radical (unpaired) electrons. The van der Waals surface area contributed by atoms with Gasteiger partial charge in [0.2, 0.25) is 15.9 Å². The highest BCUT2D eigenvalue weighted by Gasteiger charge is 2.59. The lowest BCUT2D eigenvalue weighted by atomic mass is 9.71. The van der Waals surface area contributed by atoms with Crippen LogP contribution in [0.2, 0.25) is 0 Å². The van der Waals surface area contributed by atoms with Crippen LogP contribution >= 0.6 is 0 Å². The second-order valence-corrected chi connectivity index (χ2v) is 10.2. The van der Waals surface area contributed by atoms with Crippen molar-refractivity contribution in [2.75, 3.05) is 52.7 Å². The van der Waals surface area contributed by atoms with Gasteiger partial charge in [-0.1, -0.05) is 5.16 Å². The van der Waals surface area contributed by atoms with E-state index < -0.39 is 10.0 Å². The van der Waals surface area contributed by atoms with Crippen LogP contribution in [-0.2, 0) is 14.8 Å². The Morgan fingerprint density at radius 2 is 2.11 bits per heavy atom. The van der Waals surface area contributed by atoms with Gasteiger partial charge in [0.1, 0.15) is 0 Å². The van der Waals surface area contributed by atoms with Crippen LogP contribution in [0, 0.1) is 5.41 Å². The summed E-state index contributed by atoms with van der Waals surface area (Å²) >= 11 is 0. The summed E-state index contributed by atoms with van der Waals surface area (Å²) in [5, 5.41) is 6.96. The Hall–Kier alpha value is -1.72. The summed E-state index contributed by atoms with van der Waals surface area (Å²) in [4.78, 5) is 18.6. The predicted molar refractivity (Wildman–Crippen MR) is 99.3 cm³/mol. The number of nitrogens with zero attached hydrogens (tertiary/aromatic N) is 4. The number of hydrogen-bond donors (Lipinski definition) is 1. The topological polar surface area (TPSA) is 118 Å². The minimum Gasteiger partial charge on any atom is -0.385 e. The molecule has 1 aromatic rings. The van der Waals surface area contributed by atoms with Crippen LogP contribution in [0.15, 0.2) is 4.52 Å². The van der Waals surface area contributed by atoms with Gasteiger partial charge in [0.15, 0.2) is 5.82 Å². The Kier molecular flexibility index (Phi) is 5.09. The third-order valence-corrected chi connectivity index (χ3v) is 7.10. The molecule has 3 aliphatic rings. The Labute approximate surface area is 164 Å². The molecule has 0 aromatic carbocycles. The Balaban J connectivity index is 1.45. The number of nitrogens with one attached hydrogen (secondary N) is 1. The summed E-state index contributed by atoms with van der Waals surface area (Å²) in [6.45, 7) is 2.76. The zero-order chi connectivity index (χ0) is 19.9. The maximum atomic E-state index is 12.3. The van der Waals surface area contributed by atoms with E-state index >= 15 is 0 Å². The summed E-state index contributed by atoms with van der Waals surface area (Å²) < 4.78 is 36.2. The minimum atomic E-state index is -3.34. The first kappa shape index (κ1) is 19.6. The molecule has 2 amide bonds. The van der Waals surface area contributed by atoms with E-state index in [0.29, 0.717) is 51.1 Å². The zero-order valence-electron chi connectivity index (χ0n) is 16.3. The van der Waals surface area contributed by atoms with Gasteiger partial charge in [-0.15, -0.1) is 0 Å². The molecule has 1 N–H and O–H groups in total. The number of sulfonamides is 1. The maximum Gasteiger partial charge on any atom is 0.317 e. The molecule has 2 saturated heterocycles. The Bertz CT molecular complexity index is 831. The van der Waals surface area contributed by atoms with Crippen LogP contribution in [0.4, 0.5) is 4.79 Å². The van der Waals surface area contributed by atoms with Gasteiger partial charge in [-0.3, -0.25) is 0 Å². The predicted octanol–water partition coefficient (Wildman–Crippen LogP) is 0.354. The van der Waals surface area contributed by atoms with Crippen molar-refractivity contribution >= 4 is 16.1 Å². The smallest absolute Gasteiger partial charge is 0.317 e. The van der Waals surface area contributed by atoms with Crippen molar-refractivity contribution in [1.82, 2.24) is 24.7 Å². The molecule has 1 atom stereocenters. The third kappa shape index (κ3) is 3.74. The van der Waals surface area contributed by atoms with Gasteiger partial charge in [0.25, 0.3) is 0 Å². The van der Waals surface area contributed by atoms with Crippen molar-refractivity contribution in [3.63, 3.8) is 0 Å². The maximum absolute atomic E-state index is 12.3. The molecule has 3 fully saturated rings. The standard InChI is InChI=1S/C17H27N5O5S/c1-26-7-3-6-18-16(23)21-9-17(10-21)11-22(28(2,24)25)8-13(17)15-19-14(20-27-15)12-4-5-12/h12-13H,3-11H2,1-2H3,(H,18,23). The number of hydrogen-bond acceptors (Lipinski definition) is 7. The monoisotopic (exact) mass is 413 g/mol. The van der Waals surface area contributed by atoms with E-state index in [4.69, 9.17) is 9.26 Å².